The zero-order chi connectivity index (χ0) is 13.9. The van der Waals surface area contributed by atoms with Crippen LogP contribution in [0.5, 0.6) is 0 Å². The van der Waals surface area contributed by atoms with Crippen LogP contribution in [-0.2, 0) is 14.8 Å². The Kier molecular flexibility index (Phi) is 4.38. The molecular formula is C12H19N3O3S. The van der Waals surface area contributed by atoms with E-state index in [-0.39, 0.29) is 10.9 Å². The van der Waals surface area contributed by atoms with Gasteiger partial charge in [-0.25, -0.2) is 13.4 Å². The van der Waals surface area contributed by atoms with E-state index < -0.39 is 10.0 Å². The minimum Gasteiger partial charge on any atom is -0.383 e. The van der Waals surface area contributed by atoms with Crippen LogP contribution in [0.15, 0.2) is 23.2 Å². The van der Waals surface area contributed by atoms with Gasteiger partial charge in [-0.1, -0.05) is 0 Å². The van der Waals surface area contributed by atoms with Crippen molar-refractivity contribution in [2.75, 3.05) is 32.6 Å². The molecule has 1 saturated carbocycles. The molecule has 1 aromatic heterocycles. The summed E-state index contributed by atoms with van der Waals surface area (Å²) in [4.78, 5) is 4.31. The maximum Gasteiger partial charge on any atom is 0.243 e. The van der Waals surface area contributed by atoms with Gasteiger partial charge in [0, 0.05) is 39.0 Å². The lowest BCUT2D eigenvalue weighted by Crippen LogP contribution is -2.35. The number of anilines is 1. The smallest absolute Gasteiger partial charge is 0.243 e. The molecule has 0 spiro atoms. The second kappa shape index (κ2) is 5.85. The summed E-state index contributed by atoms with van der Waals surface area (Å²) in [6, 6.07) is 3.20. The first-order chi connectivity index (χ1) is 9.09. The average Bonchev–Trinajstić information content (AvgIpc) is 3.23. The zero-order valence-electron chi connectivity index (χ0n) is 11.2. The van der Waals surface area contributed by atoms with Crippen LogP contribution >= 0.6 is 0 Å². The van der Waals surface area contributed by atoms with Gasteiger partial charge in [-0.2, -0.15) is 4.31 Å². The van der Waals surface area contributed by atoms with Crippen molar-refractivity contribution < 1.29 is 13.2 Å². The number of methoxy groups -OCH3 is 1. The van der Waals surface area contributed by atoms with Crippen molar-refractivity contribution in [2.24, 2.45) is 0 Å². The van der Waals surface area contributed by atoms with E-state index in [0.29, 0.717) is 19.0 Å². The molecule has 0 aromatic carbocycles. The van der Waals surface area contributed by atoms with Crippen molar-refractivity contribution in [3.8, 4) is 0 Å². The van der Waals surface area contributed by atoms with Crippen LogP contribution in [-0.4, -0.2) is 51.1 Å². The first-order valence-corrected chi connectivity index (χ1v) is 7.68. The third-order valence-corrected chi connectivity index (χ3v) is 5.01. The average molecular weight is 285 g/mol. The van der Waals surface area contributed by atoms with E-state index in [1.54, 1.807) is 20.2 Å². The molecule has 19 heavy (non-hydrogen) atoms. The predicted octanol–water partition coefficient (Wildman–Crippen LogP) is 0.923. The molecule has 0 radical (unpaired) electrons. The van der Waals surface area contributed by atoms with Crippen LogP contribution < -0.4 is 5.32 Å². The maximum atomic E-state index is 12.6. The van der Waals surface area contributed by atoms with E-state index in [2.05, 4.69) is 10.3 Å². The number of ether oxygens (including phenoxy) is 1. The third kappa shape index (κ3) is 3.23. The Morgan fingerprint density at radius 2 is 2.26 bits per heavy atom. The number of aromatic nitrogens is 1. The highest BCUT2D eigenvalue weighted by Crippen LogP contribution is 2.32. The van der Waals surface area contributed by atoms with Crippen molar-refractivity contribution in [1.29, 1.82) is 0 Å². The van der Waals surface area contributed by atoms with Gasteiger partial charge in [0.05, 0.1) is 11.5 Å². The summed E-state index contributed by atoms with van der Waals surface area (Å²) in [6.45, 7) is 0.792. The Bertz CT molecular complexity index is 529. The molecule has 6 nitrogen and oxygen atoms in total. The number of hydrogen-bond acceptors (Lipinski definition) is 5. The van der Waals surface area contributed by atoms with Gasteiger partial charge in [-0.3, -0.25) is 0 Å². The zero-order valence-corrected chi connectivity index (χ0v) is 12.0. The molecule has 0 unspecified atom stereocenters. The van der Waals surface area contributed by atoms with E-state index >= 15 is 0 Å². The van der Waals surface area contributed by atoms with Crippen LogP contribution in [0.1, 0.15) is 12.8 Å². The van der Waals surface area contributed by atoms with Gasteiger partial charge < -0.3 is 10.1 Å². The summed E-state index contributed by atoms with van der Waals surface area (Å²) >= 11 is 0. The molecule has 0 aliphatic heterocycles. The Morgan fingerprint density at radius 3 is 2.84 bits per heavy atom. The van der Waals surface area contributed by atoms with Gasteiger partial charge in [0.25, 0.3) is 0 Å². The third-order valence-electron chi connectivity index (χ3n) is 3.06. The molecule has 1 fully saturated rings. The minimum absolute atomic E-state index is 0.117. The molecule has 0 amide bonds. The lowest BCUT2D eigenvalue weighted by Gasteiger charge is -2.21. The van der Waals surface area contributed by atoms with Gasteiger partial charge in [0.15, 0.2) is 0 Å². The molecule has 0 atom stereocenters. The van der Waals surface area contributed by atoms with E-state index in [4.69, 9.17) is 4.74 Å². The number of sulfonamides is 1. The van der Waals surface area contributed by atoms with Crippen LogP contribution in [0, 0.1) is 0 Å². The number of nitrogens with one attached hydrogen (secondary N) is 1. The summed E-state index contributed by atoms with van der Waals surface area (Å²) in [5.41, 5.74) is 0. The molecule has 1 heterocycles. The molecule has 106 valence electrons. The molecule has 0 bridgehead atoms. The van der Waals surface area contributed by atoms with E-state index in [1.165, 1.54) is 16.6 Å². The second-order valence-corrected chi connectivity index (χ2v) is 6.36. The van der Waals surface area contributed by atoms with Crippen molar-refractivity contribution in [2.45, 2.75) is 23.8 Å². The fraction of sp³-hybridized carbons (Fsp3) is 0.583. The lowest BCUT2D eigenvalue weighted by molar-refractivity contribution is 0.177. The number of nitrogens with zero attached hydrogens (tertiary/aromatic N) is 2. The topological polar surface area (TPSA) is 71.5 Å². The SMILES string of the molecule is CNc1cc(S(=O)(=O)N(CCOC)C2CC2)ccn1. The molecular weight excluding hydrogens is 266 g/mol. The van der Waals surface area contributed by atoms with Gasteiger partial charge in [-0.15, -0.1) is 0 Å². The summed E-state index contributed by atoms with van der Waals surface area (Å²) in [5, 5.41) is 2.85. The number of hydrogen-bond donors (Lipinski definition) is 1. The molecule has 0 saturated heterocycles. The molecule has 7 heteroatoms. The van der Waals surface area contributed by atoms with E-state index in [9.17, 15) is 8.42 Å². The summed E-state index contributed by atoms with van der Waals surface area (Å²) in [5.74, 6) is 0.545. The maximum absolute atomic E-state index is 12.6. The quantitative estimate of drug-likeness (QED) is 0.806. The molecule has 1 aromatic rings. The highest BCUT2D eigenvalue weighted by atomic mass is 32.2. The predicted molar refractivity (Wildman–Crippen MR) is 72.6 cm³/mol. The summed E-state index contributed by atoms with van der Waals surface area (Å²) in [6.07, 6.45) is 3.35. The lowest BCUT2D eigenvalue weighted by atomic mass is 10.5. The van der Waals surface area contributed by atoms with E-state index in [1.807, 2.05) is 0 Å². The van der Waals surface area contributed by atoms with Gasteiger partial charge in [-0.05, 0) is 18.9 Å². The molecule has 1 aliphatic carbocycles. The monoisotopic (exact) mass is 285 g/mol. The summed E-state index contributed by atoms with van der Waals surface area (Å²) in [7, 11) is -0.186. The van der Waals surface area contributed by atoms with Crippen molar-refractivity contribution in [1.82, 2.24) is 9.29 Å². The first kappa shape index (κ1) is 14.2. The van der Waals surface area contributed by atoms with Crippen LogP contribution in [0.4, 0.5) is 5.82 Å². The Hall–Kier alpha value is -1.18. The van der Waals surface area contributed by atoms with Crippen LogP contribution in [0.2, 0.25) is 0 Å². The Balaban J connectivity index is 2.27. The standard InChI is InChI=1S/C12H19N3O3S/c1-13-12-9-11(5-6-14-12)19(16,17)15(7-8-18-2)10-3-4-10/h5-6,9-10H,3-4,7-8H2,1-2H3,(H,13,14). The molecule has 2 rings (SSSR count). The van der Waals surface area contributed by atoms with Crippen molar-refractivity contribution >= 4 is 15.8 Å². The fourth-order valence-electron chi connectivity index (χ4n) is 1.89. The van der Waals surface area contributed by atoms with E-state index in [0.717, 1.165) is 12.8 Å². The second-order valence-electron chi connectivity index (χ2n) is 4.47. The molecule has 1 aliphatic rings. The summed E-state index contributed by atoms with van der Waals surface area (Å²) < 4.78 is 31.7. The number of rotatable bonds is 7. The molecule has 1 N–H and O–H groups in total. The minimum atomic E-state index is -3.47. The van der Waals surface area contributed by atoms with Gasteiger partial charge in [0.2, 0.25) is 10.0 Å². The fourth-order valence-corrected chi connectivity index (χ4v) is 3.57. The van der Waals surface area contributed by atoms with Gasteiger partial charge >= 0.3 is 0 Å². The Morgan fingerprint density at radius 1 is 1.53 bits per heavy atom. The van der Waals surface area contributed by atoms with Crippen LogP contribution in [0.25, 0.3) is 0 Å². The number of pyridine rings is 1. The Labute approximate surface area is 113 Å². The normalized spacial score (nSPS) is 15.7. The highest BCUT2D eigenvalue weighted by Gasteiger charge is 2.37. The first-order valence-electron chi connectivity index (χ1n) is 6.24. The van der Waals surface area contributed by atoms with Crippen molar-refractivity contribution in [3.05, 3.63) is 18.3 Å². The van der Waals surface area contributed by atoms with Gasteiger partial charge in [0.1, 0.15) is 5.82 Å². The van der Waals surface area contributed by atoms with Crippen LogP contribution in [0.3, 0.4) is 0 Å². The largest absolute Gasteiger partial charge is 0.383 e. The highest BCUT2D eigenvalue weighted by molar-refractivity contribution is 7.89. The van der Waals surface area contributed by atoms with Crippen molar-refractivity contribution in [3.63, 3.8) is 0 Å².